The van der Waals surface area contributed by atoms with Crippen LogP contribution in [0, 0.1) is 0 Å². The Hall–Kier alpha value is -1.49. The summed E-state index contributed by atoms with van der Waals surface area (Å²) in [4.78, 5) is 0. The van der Waals surface area contributed by atoms with Gasteiger partial charge in [-0.15, -0.1) is 0 Å². The molecule has 0 bridgehead atoms. The number of aromatic nitrogens is 1. The molecule has 0 radical (unpaired) electrons. The van der Waals surface area contributed by atoms with Crippen molar-refractivity contribution >= 4 is 10.8 Å². The van der Waals surface area contributed by atoms with Gasteiger partial charge in [-0.2, -0.15) is 0 Å². The highest BCUT2D eigenvalue weighted by atomic mass is 79.9. The standard InChI is InChI=1S/C14H16NO3.BrH/c1-3-5-15-6-4-10-7-12-14(18-9-17-12)13(16-2)11(10)8-15;/h4,6-8H,3,5,9H2,1-2H3;1H/q+1;/p-1. The number of pyridine rings is 1. The number of methoxy groups -OCH3 is 1. The minimum absolute atomic E-state index is 0. The van der Waals surface area contributed by atoms with Crippen LogP contribution in [-0.4, -0.2) is 13.9 Å². The fourth-order valence-corrected chi connectivity index (χ4v) is 2.30. The van der Waals surface area contributed by atoms with E-state index < -0.39 is 0 Å². The van der Waals surface area contributed by atoms with E-state index in [4.69, 9.17) is 14.2 Å². The van der Waals surface area contributed by atoms with Crippen LogP contribution in [0.15, 0.2) is 24.5 Å². The van der Waals surface area contributed by atoms with E-state index in [1.165, 1.54) is 0 Å². The highest BCUT2D eigenvalue weighted by Crippen LogP contribution is 2.45. The van der Waals surface area contributed by atoms with E-state index in [0.29, 0.717) is 5.75 Å². The highest BCUT2D eigenvalue weighted by molar-refractivity contribution is 5.92. The molecule has 3 rings (SSSR count). The number of hydrogen-bond acceptors (Lipinski definition) is 3. The second-order valence-corrected chi connectivity index (χ2v) is 4.33. The molecule has 1 aliphatic rings. The predicted molar refractivity (Wildman–Crippen MR) is 67.1 cm³/mol. The van der Waals surface area contributed by atoms with Gasteiger partial charge in [-0.3, -0.25) is 0 Å². The van der Waals surface area contributed by atoms with Gasteiger partial charge in [0, 0.05) is 17.9 Å². The van der Waals surface area contributed by atoms with Crippen molar-refractivity contribution in [1.29, 1.82) is 0 Å². The maximum atomic E-state index is 5.49. The lowest BCUT2D eigenvalue weighted by Crippen LogP contribution is -3.00. The zero-order valence-electron chi connectivity index (χ0n) is 11.0. The van der Waals surface area contributed by atoms with Crippen LogP contribution in [-0.2, 0) is 6.54 Å². The summed E-state index contributed by atoms with van der Waals surface area (Å²) in [6, 6.07) is 4.08. The molecule has 4 nitrogen and oxygen atoms in total. The van der Waals surface area contributed by atoms with Crippen LogP contribution < -0.4 is 35.8 Å². The quantitative estimate of drug-likeness (QED) is 0.698. The highest BCUT2D eigenvalue weighted by Gasteiger charge is 2.23. The Morgan fingerprint density at radius 3 is 2.95 bits per heavy atom. The molecular formula is C14H16BrNO3. The average Bonchev–Trinajstić information content (AvgIpc) is 2.84. The molecule has 0 saturated heterocycles. The first-order valence-corrected chi connectivity index (χ1v) is 6.13. The Balaban J connectivity index is 0.00000133. The summed E-state index contributed by atoms with van der Waals surface area (Å²) in [5.41, 5.74) is 0. The fourth-order valence-electron chi connectivity index (χ4n) is 2.30. The van der Waals surface area contributed by atoms with Crippen LogP contribution in [0.25, 0.3) is 10.8 Å². The number of aryl methyl sites for hydroxylation is 1. The lowest BCUT2D eigenvalue weighted by molar-refractivity contribution is -0.695. The average molecular weight is 326 g/mol. The monoisotopic (exact) mass is 325 g/mol. The minimum atomic E-state index is 0. The molecule has 1 aromatic carbocycles. The molecule has 5 heteroatoms. The molecule has 19 heavy (non-hydrogen) atoms. The van der Waals surface area contributed by atoms with Crippen molar-refractivity contribution in [2.45, 2.75) is 19.9 Å². The summed E-state index contributed by atoms with van der Waals surface area (Å²) >= 11 is 0. The molecule has 102 valence electrons. The van der Waals surface area contributed by atoms with Crippen molar-refractivity contribution in [3.8, 4) is 17.2 Å². The maximum Gasteiger partial charge on any atom is 0.231 e. The normalized spacial score (nSPS) is 12.3. The number of rotatable bonds is 3. The Bertz CT molecular complexity index is 601. The smallest absolute Gasteiger partial charge is 0.231 e. The van der Waals surface area contributed by atoms with Gasteiger partial charge in [0.15, 0.2) is 23.9 Å². The molecule has 2 aromatic rings. The summed E-state index contributed by atoms with van der Waals surface area (Å²) in [5, 5.41) is 2.15. The van der Waals surface area contributed by atoms with Crippen LogP contribution in [0.5, 0.6) is 17.2 Å². The number of halogens is 1. The molecule has 0 aliphatic carbocycles. The van der Waals surface area contributed by atoms with Crippen LogP contribution in [0.3, 0.4) is 0 Å². The lowest BCUT2D eigenvalue weighted by atomic mass is 10.1. The largest absolute Gasteiger partial charge is 1.00 e. The van der Waals surface area contributed by atoms with Crippen molar-refractivity contribution in [2.75, 3.05) is 13.9 Å². The van der Waals surface area contributed by atoms with E-state index in [9.17, 15) is 0 Å². The molecule has 0 spiro atoms. The number of benzene rings is 1. The van der Waals surface area contributed by atoms with E-state index in [2.05, 4.69) is 30.0 Å². The van der Waals surface area contributed by atoms with E-state index in [-0.39, 0.29) is 23.8 Å². The van der Waals surface area contributed by atoms with Crippen molar-refractivity contribution in [2.24, 2.45) is 0 Å². The minimum Gasteiger partial charge on any atom is -1.00 e. The molecule has 0 fully saturated rings. The Kier molecular flexibility index (Phi) is 4.14. The Labute approximate surface area is 122 Å². The molecule has 1 aliphatic heterocycles. The molecule has 0 saturated carbocycles. The Morgan fingerprint density at radius 1 is 1.37 bits per heavy atom. The molecule has 2 heterocycles. The van der Waals surface area contributed by atoms with Gasteiger partial charge in [-0.1, -0.05) is 6.92 Å². The SMILES string of the molecule is CCC[n+]1ccc2cc3c(c(OC)c2c1)OCO3.[Br-]. The number of nitrogens with zero attached hydrogens (tertiary/aromatic N) is 1. The van der Waals surface area contributed by atoms with E-state index >= 15 is 0 Å². The van der Waals surface area contributed by atoms with Gasteiger partial charge >= 0.3 is 0 Å². The second kappa shape index (κ2) is 5.65. The van der Waals surface area contributed by atoms with E-state index in [0.717, 1.165) is 35.2 Å². The molecule has 1 aromatic heterocycles. The second-order valence-electron chi connectivity index (χ2n) is 4.33. The zero-order valence-corrected chi connectivity index (χ0v) is 12.6. The van der Waals surface area contributed by atoms with Crippen LogP contribution in [0.2, 0.25) is 0 Å². The van der Waals surface area contributed by atoms with Crippen molar-refractivity contribution in [3.05, 3.63) is 24.5 Å². The van der Waals surface area contributed by atoms with Crippen LogP contribution >= 0.6 is 0 Å². The molecule has 0 N–H and O–H groups in total. The van der Waals surface area contributed by atoms with Gasteiger partial charge in [0.2, 0.25) is 12.5 Å². The van der Waals surface area contributed by atoms with Gasteiger partial charge in [-0.25, -0.2) is 4.57 Å². The number of hydrogen-bond donors (Lipinski definition) is 0. The molecular weight excluding hydrogens is 310 g/mol. The van der Waals surface area contributed by atoms with Crippen molar-refractivity contribution in [3.63, 3.8) is 0 Å². The first-order valence-electron chi connectivity index (χ1n) is 6.13. The van der Waals surface area contributed by atoms with Crippen LogP contribution in [0.4, 0.5) is 0 Å². The molecule has 0 amide bonds. The summed E-state index contributed by atoms with van der Waals surface area (Å²) < 4.78 is 18.5. The maximum absolute atomic E-state index is 5.49. The summed E-state index contributed by atoms with van der Waals surface area (Å²) in [5.74, 6) is 2.22. The Morgan fingerprint density at radius 2 is 2.21 bits per heavy atom. The predicted octanol–water partition coefficient (Wildman–Crippen LogP) is -0.721. The topological polar surface area (TPSA) is 31.6 Å². The number of ether oxygens (including phenoxy) is 3. The van der Waals surface area contributed by atoms with Crippen LogP contribution in [0.1, 0.15) is 13.3 Å². The van der Waals surface area contributed by atoms with Gasteiger partial charge < -0.3 is 31.2 Å². The van der Waals surface area contributed by atoms with Crippen molar-refractivity contribution < 1.29 is 35.8 Å². The van der Waals surface area contributed by atoms with Gasteiger partial charge in [0.05, 0.1) is 12.5 Å². The third-order valence-corrected chi connectivity index (χ3v) is 3.12. The van der Waals surface area contributed by atoms with E-state index in [1.54, 1.807) is 7.11 Å². The zero-order chi connectivity index (χ0) is 12.5. The summed E-state index contributed by atoms with van der Waals surface area (Å²) in [6.45, 7) is 3.42. The summed E-state index contributed by atoms with van der Waals surface area (Å²) in [7, 11) is 1.66. The fraction of sp³-hybridized carbons (Fsp3) is 0.357. The number of fused-ring (bicyclic) bond motifs is 2. The summed E-state index contributed by atoms with van der Waals surface area (Å²) in [6.07, 6.45) is 5.27. The molecule has 0 atom stereocenters. The molecule has 0 unspecified atom stereocenters. The third kappa shape index (κ3) is 2.34. The first kappa shape index (κ1) is 13.9. The van der Waals surface area contributed by atoms with Gasteiger partial charge in [0.25, 0.3) is 0 Å². The van der Waals surface area contributed by atoms with Crippen molar-refractivity contribution in [1.82, 2.24) is 0 Å². The lowest BCUT2D eigenvalue weighted by Gasteiger charge is -2.08. The van der Waals surface area contributed by atoms with Gasteiger partial charge in [0.1, 0.15) is 6.54 Å². The van der Waals surface area contributed by atoms with E-state index in [1.807, 2.05) is 6.07 Å². The van der Waals surface area contributed by atoms with Gasteiger partial charge in [-0.05, 0) is 6.07 Å². The first-order chi connectivity index (χ1) is 8.83. The third-order valence-electron chi connectivity index (χ3n) is 3.12.